The van der Waals surface area contributed by atoms with E-state index in [2.05, 4.69) is 10.2 Å². The zero-order chi connectivity index (χ0) is 11.5. The van der Waals surface area contributed by atoms with Crippen LogP contribution < -0.4 is 15.0 Å². The molecule has 1 N–H and O–H groups in total. The predicted octanol–water partition coefficient (Wildman–Crippen LogP) is 2.15. The maximum atomic E-state index is 6.00. The molecule has 88 valence electrons. The van der Waals surface area contributed by atoms with Crippen LogP contribution in [0.2, 0.25) is 5.02 Å². The van der Waals surface area contributed by atoms with Gasteiger partial charge in [0.05, 0.1) is 12.1 Å². The Morgan fingerprint density at radius 1 is 1.50 bits per heavy atom. The number of benzene rings is 1. The molecule has 0 radical (unpaired) electrons. The molecule has 1 saturated heterocycles. The van der Waals surface area contributed by atoms with Crippen LogP contribution in [0.1, 0.15) is 6.42 Å². The van der Waals surface area contributed by atoms with Crippen molar-refractivity contribution in [1.29, 1.82) is 0 Å². The number of rotatable bonds is 3. The van der Waals surface area contributed by atoms with Gasteiger partial charge in [-0.3, -0.25) is 0 Å². The Hall–Kier alpha value is -0.930. The Morgan fingerprint density at radius 2 is 2.31 bits per heavy atom. The normalized spacial score (nSPS) is 20.2. The van der Waals surface area contributed by atoms with E-state index in [4.69, 9.17) is 16.3 Å². The molecule has 1 aliphatic heterocycles. The zero-order valence-electron chi connectivity index (χ0n) is 9.66. The zero-order valence-corrected chi connectivity index (χ0v) is 10.4. The minimum Gasteiger partial charge on any atom is -0.495 e. The van der Waals surface area contributed by atoms with E-state index < -0.39 is 0 Å². The molecule has 1 fully saturated rings. The highest BCUT2D eigenvalue weighted by Gasteiger charge is 2.21. The Kier molecular flexibility index (Phi) is 3.56. The van der Waals surface area contributed by atoms with E-state index in [0.717, 1.165) is 18.8 Å². The molecule has 0 amide bonds. The van der Waals surface area contributed by atoms with Crippen LogP contribution in [0.3, 0.4) is 0 Å². The summed E-state index contributed by atoms with van der Waals surface area (Å²) in [4.78, 5) is 2.35. The van der Waals surface area contributed by atoms with E-state index >= 15 is 0 Å². The van der Waals surface area contributed by atoms with E-state index in [0.29, 0.717) is 11.1 Å². The van der Waals surface area contributed by atoms with Crippen LogP contribution in [0, 0.1) is 0 Å². The minimum atomic E-state index is 0.585. The second kappa shape index (κ2) is 4.93. The van der Waals surface area contributed by atoms with Crippen molar-refractivity contribution in [3.05, 3.63) is 23.2 Å². The average Bonchev–Trinajstić information content (AvgIpc) is 2.78. The monoisotopic (exact) mass is 240 g/mol. The second-order valence-electron chi connectivity index (χ2n) is 4.04. The van der Waals surface area contributed by atoms with E-state index in [1.807, 2.05) is 25.2 Å². The molecular weight excluding hydrogens is 224 g/mol. The van der Waals surface area contributed by atoms with Gasteiger partial charge in [-0.1, -0.05) is 11.6 Å². The summed E-state index contributed by atoms with van der Waals surface area (Å²) in [5, 5.41) is 3.97. The molecule has 2 rings (SSSR count). The van der Waals surface area contributed by atoms with E-state index in [-0.39, 0.29) is 0 Å². The van der Waals surface area contributed by atoms with Crippen LogP contribution in [0.25, 0.3) is 0 Å². The van der Waals surface area contributed by atoms with Gasteiger partial charge in [0.25, 0.3) is 0 Å². The van der Waals surface area contributed by atoms with Gasteiger partial charge in [0, 0.05) is 30.9 Å². The fraction of sp³-hybridized carbons (Fsp3) is 0.500. The molecule has 0 saturated carbocycles. The highest BCUT2D eigenvalue weighted by atomic mass is 35.5. The van der Waals surface area contributed by atoms with Gasteiger partial charge in [0.2, 0.25) is 0 Å². The Morgan fingerprint density at radius 3 is 2.94 bits per heavy atom. The van der Waals surface area contributed by atoms with Gasteiger partial charge in [-0.2, -0.15) is 0 Å². The molecule has 0 bridgehead atoms. The lowest BCUT2D eigenvalue weighted by Crippen LogP contribution is -2.29. The quantitative estimate of drug-likeness (QED) is 0.876. The maximum Gasteiger partial charge on any atom is 0.139 e. The molecule has 1 aliphatic rings. The van der Waals surface area contributed by atoms with Crippen LogP contribution in [-0.4, -0.2) is 33.3 Å². The minimum absolute atomic E-state index is 0.585. The molecule has 3 nitrogen and oxygen atoms in total. The number of anilines is 1. The van der Waals surface area contributed by atoms with Crippen LogP contribution in [0.5, 0.6) is 5.75 Å². The number of hydrogen-bond donors (Lipinski definition) is 1. The highest BCUT2D eigenvalue weighted by Crippen LogP contribution is 2.30. The summed E-state index contributed by atoms with van der Waals surface area (Å²) >= 11 is 6.00. The highest BCUT2D eigenvalue weighted by molar-refractivity contribution is 6.32. The largest absolute Gasteiger partial charge is 0.495 e. The van der Waals surface area contributed by atoms with Gasteiger partial charge in [-0.25, -0.2) is 0 Å². The van der Waals surface area contributed by atoms with Gasteiger partial charge in [0.15, 0.2) is 0 Å². The molecular formula is C12H17ClN2O. The van der Waals surface area contributed by atoms with Crippen molar-refractivity contribution in [1.82, 2.24) is 5.32 Å². The van der Waals surface area contributed by atoms with Crippen molar-refractivity contribution in [3.8, 4) is 5.75 Å². The van der Waals surface area contributed by atoms with Gasteiger partial charge in [-0.05, 0) is 25.6 Å². The number of ether oxygens (including phenoxy) is 1. The van der Waals surface area contributed by atoms with Crippen LogP contribution in [0.4, 0.5) is 5.69 Å². The summed E-state index contributed by atoms with van der Waals surface area (Å²) in [7, 11) is 3.65. The summed E-state index contributed by atoms with van der Waals surface area (Å²) in [5.41, 5.74) is 1.18. The Labute approximate surface area is 101 Å². The number of hydrogen-bond acceptors (Lipinski definition) is 3. The summed E-state index contributed by atoms with van der Waals surface area (Å²) in [6.45, 7) is 2.12. The van der Waals surface area contributed by atoms with Crippen molar-refractivity contribution in [2.45, 2.75) is 12.5 Å². The van der Waals surface area contributed by atoms with E-state index in [1.165, 1.54) is 12.1 Å². The number of halogens is 1. The van der Waals surface area contributed by atoms with Crippen molar-refractivity contribution in [2.24, 2.45) is 0 Å². The molecule has 1 unspecified atom stereocenters. The third-order valence-electron chi connectivity index (χ3n) is 3.10. The van der Waals surface area contributed by atoms with Crippen LogP contribution in [0.15, 0.2) is 18.2 Å². The maximum absolute atomic E-state index is 6.00. The van der Waals surface area contributed by atoms with Gasteiger partial charge < -0.3 is 15.0 Å². The summed E-state index contributed by atoms with van der Waals surface area (Å²) in [6.07, 6.45) is 1.18. The SMILES string of the molecule is CNC1CCN(c2ccc(Cl)c(OC)c2)C1. The first-order valence-corrected chi connectivity index (χ1v) is 5.88. The lowest BCUT2D eigenvalue weighted by Gasteiger charge is -2.19. The molecule has 0 aromatic heterocycles. The van der Waals surface area contributed by atoms with Crippen molar-refractivity contribution >= 4 is 17.3 Å². The Bertz CT molecular complexity index is 370. The molecule has 0 spiro atoms. The average molecular weight is 241 g/mol. The fourth-order valence-corrected chi connectivity index (χ4v) is 2.27. The summed E-state index contributed by atoms with van der Waals surface area (Å²) in [6, 6.07) is 6.52. The van der Waals surface area contributed by atoms with Gasteiger partial charge in [0.1, 0.15) is 5.75 Å². The lowest BCUT2D eigenvalue weighted by molar-refractivity contribution is 0.415. The molecule has 4 heteroatoms. The first kappa shape index (κ1) is 11.6. The predicted molar refractivity (Wildman–Crippen MR) is 67.7 cm³/mol. The first-order chi connectivity index (χ1) is 7.74. The van der Waals surface area contributed by atoms with Crippen molar-refractivity contribution < 1.29 is 4.74 Å². The molecule has 1 aromatic rings. The van der Waals surface area contributed by atoms with E-state index in [1.54, 1.807) is 7.11 Å². The number of likely N-dealkylation sites (N-methyl/N-ethyl adjacent to an activating group) is 1. The number of nitrogens with one attached hydrogen (secondary N) is 1. The smallest absolute Gasteiger partial charge is 0.139 e. The van der Waals surface area contributed by atoms with Crippen molar-refractivity contribution in [2.75, 3.05) is 32.1 Å². The summed E-state index contributed by atoms with van der Waals surface area (Å²) in [5.74, 6) is 0.743. The number of methoxy groups -OCH3 is 1. The molecule has 0 aliphatic carbocycles. The topological polar surface area (TPSA) is 24.5 Å². The lowest BCUT2D eigenvalue weighted by atomic mass is 10.2. The van der Waals surface area contributed by atoms with Crippen LogP contribution >= 0.6 is 11.6 Å². The number of nitrogens with zero attached hydrogens (tertiary/aromatic N) is 1. The van der Waals surface area contributed by atoms with E-state index in [9.17, 15) is 0 Å². The second-order valence-corrected chi connectivity index (χ2v) is 4.45. The molecule has 16 heavy (non-hydrogen) atoms. The van der Waals surface area contributed by atoms with Crippen molar-refractivity contribution in [3.63, 3.8) is 0 Å². The molecule has 1 heterocycles. The van der Waals surface area contributed by atoms with Crippen LogP contribution in [-0.2, 0) is 0 Å². The first-order valence-electron chi connectivity index (χ1n) is 5.50. The summed E-state index contributed by atoms with van der Waals surface area (Å²) < 4.78 is 5.22. The Balaban J connectivity index is 2.15. The van der Waals surface area contributed by atoms with Gasteiger partial charge >= 0.3 is 0 Å². The molecule has 1 atom stereocenters. The third kappa shape index (κ3) is 2.25. The third-order valence-corrected chi connectivity index (χ3v) is 3.41. The van der Waals surface area contributed by atoms with Gasteiger partial charge in [-0.15, -0.1) is 0 Å². The standard InChI is InChI=1S/C12H17ClN2O/c1-14-9-5-6-15(8-9)10-3-4-11(13)12(7-10)16-2/h3-4,7,9,14H,5-6,8H2,1-2H3. The fourth-order valence-electron chi connectivity index (χ4n) is 2.08. The molecule has 1 aromatic carbocycles.